The molecule has 0 atom stereocenters. The average Bonchev–Trinajstić information content (AvgIpc) is 2.34. The molecule has 0 spiro atoms. The first-order chi connectivity index (χ1) is 8.54. The Bertz CT molecular complexity index is 443. The van der Waals surface area contributed by atoms with Gasteiger partial charge in [0, 0.05) is 24.2 Å². The van der Waals surface area contributed by atoms with Crippen molar-refractivity contribution in [2.45, 2.75) is 19.9 Å². The Morgan fingerprint density at radius 2 is 2.11 bits per heavy atom. The third kappa shape index (κ3) is 4.18. The zero-order chi connectivity index (χ0) is 13.5. The minimum atomic E-state index is -0.841. The van der Waals surface area contributed by atoms with Crippen molar-refractivity contribution in [2.75, 3.05) is 13.7 Å². The zero-order valence-corrected chi connectivity index (χ0v) is 10.5. The maximum absolute atomic E-state index is 11.3. The van der Waals surface area contributed by atoms with Gasteiger partial charge in [-0.2, -0.15) is 0 Å². The molecule has 98 valence electrons. The number of rotatable bonds is 7. The van der Waals surface area contributed by atoms with Gasteiger partial charge in [-0.15, -0.1) is 0 Å². The lowest BCUT2D eigenvalue weighted by atomic mass is 10.1. The van der Waals surface area contributed by atoms with Gasteiger partial charge in [-0.1, -0.05) is 0 Å². The minimum Gasteiger partial charge on any atom is -0.496 e. The van der Waals surface area contributed by atoms with Crippen LogP contribution in [0.25, 0.3) is 0 Å². The molecule has 0 heterocycles. The van der Waals surface area contributed by atoms with Gasteiger partial charge < -0.3 is 15.2 Å². The summed E-state index contributed by atoms with van der Waals surface area (Å²) in [5.41, 5.74) is 1.46. The molecule has 0 radical (unpaired) electrons. The summed E-state index contributed by atoms with van der Waals surface area (Å²) in [5.74, 6) is -0.167. The number of carboxylic acid groups (broad SMARTS) is 1. The second-order valence-electron chi connectivity index (χ2n) is 3.90. The van der Waals surface area contributed by atoms with E-state index in [4.69, 9.17) is 9.84 Å². The molecule has 0 bridgehead atoms. The van der Waals surface area contributed by atoms with Gasteiger partial charge in [0.05, 0.1) is 13.5 Å². The zero-order valence-electron chi connectivity index (χ0n) is 10.5. The van der Waals surface area contributed by atoms with E-state index in [0.29, 0.717) is 24.4 Å². The van der Waals surface area contributed by atoms with E-state index < -0.39 is 5.97 Å². The molecule has 0 aliphatic rings. The summed E-state index contributed by atoms with van der Waals surface area (Å²) in [5, 5.41) is 11.5. The first-order valence-electron chi connectivity index (χ1n) is 5.65. The van der Waals surface area contributed by atoms with Gasteiger partial charge in [0.15, 0.2) is 5.78 Å². The van der Waals surface area contributed by atoms with Crippen molar-refractivity contribution in [1.29, 1.82) is 0 Å². The van der Waals surface area contributed by atoms with Gasteiger partial charge in [-0.25, -0.2) is 0 Å². The quantitative estimate of drug-likeness (QED) is 0.567. The molecule has 0 saturated heterocycles. The molecule has 0 saturated carbocycles. The highest BCUT2D eigenvalue weighted by Crippen LogP contribution is 2.20. The molecule has 5 nitrogen and oxygen atoms in total. The molecule has 0 amide bonds. The predicted octanol–water partition coefficient (Wildman–Crippen LogP) is 1.46. The Labute approximate surface area is 106 Å². The Morgan fingerprint density at radius 3 is 2.67 bits per heavy atom. The molecule has 0 fully saturated rings. The second kappa shape index (κ2) is 6.76. The minimum absolute atomic E-state index is 0.00978. The molecule has 2 N–H and O–H groups in total. The Morgan fingerprint density at radius 1 is 1.39 bits per heavy atom. The number of ether oxygens (including phenoxy) is 1. The molecular weight excluding hydrogens is 234 g/mol. The van der Waals surface area contributed by atoms with E-state index in [-0.39, 0.29) is 12.2 Å². The first-order valence-corrected chi connectivity index (χ1v) is 5.65. The number of aliphatic carboxylic acids is 1. The number of Topliss-reactive ketones (excluding diaryl/α,β-unsaturated/α-hetero) is 1. The van der Waals surface area contributed by atoms with Crippen LogP contribution in [0.3, 0.4) is 0 Å². The maximum atomic E-state index is 11.3. The largest absolute Gasteiger partial charge is 0.496 e. The van der Waals surface area contributed by atoms with Gasteiger partial charge >= 0.3 is 5.97 Å². The number of hydrogen-bond donors (Lipinski definition) is 2. The van der Waals surface area contributed by atoms with Crippen LogP contribution in [-0.4, -0.2) is 30.5 Å². The third-order valence-electron chi connectivity index (χ3n) is 2.52. The van der Waals surface area contributed by atoms with Crippen LogP contribution in [0.5, 0.6) is 5.75 Å². The van der Waals surface area contributed by atoms with E-state index in [2.05, 4.69) is 5.32 Å². The van der Waals surface area contributed by atoms with Crippen LogP contribution in [0.4, 0.5) is 0 Å². The normalized spacial score (nSPS) is 10.1. The Balaban J connectivity index is 2.69. The fourth-order valence-corrected chi connectivity index (χ4v) is 1.55. The summed E-state index contributed by atoms with van der Waals surface area (Å²) in [6, 6.07) is 5.21. The highest BCUT2D eigenvalue weighted by atomic mass is 16.5. The number of methoxy groups -OCH3 is 1. The van der Waals surface area contributed by atoms with E-state index in [1.165, 1.54) is 6.92 Å². The summed E-state index contributed by atoms with van der Waals surface area (Å²) in [7, 11) is 1.56. The van der Waals surface area contributed by atoms with Crippen molar-refractivity contribution < 1.29 is 19.4 Å². The molecule has 0 aliphatic heterocycles. The molecular formula is C13H17NO4. The van der Waals surface area contributed by atoms with Gasteiger partial charge in [0.1, 0.15) is 5.75 Å². The topological polar surface area (TPSA) is 75.6 Å². The number of hydrogen-bond acceptors (Lipinski definition) is 4. The number of benzene rings is 1. The molecule has 0 aromatic heterocycles. The lowest BCUT2D eigenvalue weighted by molar-refractivity contribution is -0.136. The summed E-state index contributed by atoms with van der Waals surface area (Å²) in [6.07, 6.45) is 0.0642. The molecule has 18 heavy (non-hydrogen) atoms. The number of nitrogens with one attached hydrogen (secondary N) is 1. The predicted molar refractivity (Wildman–Crippen MR) is 67.0 cm³/mol. The van der Waals surface area contributed by atoms with Gasteiger partial charge in [-0.3, -0.25) is 9.59 Å². The monoisotopic (exact) mass is 251 g/mol. The van der Waals surface area contributed by atoms with E-state index in [1.807, 2.05) is 0 Å². The van der Waals surface area contributed by atoms with E-state index in [1.54, 1.807) is 25.3 Å². The summed E-state index contributed by atoms with van der Waals surface area (Å²) in [4.78, 5) is 21.6. The van der Waals surface area contributed by atoms with Crippen molar-refractivity contribution >= 4 is 11.8 Å². The summed E-state index contributed by atoms with van der Waals surface area (Å²) < 4.78 is 5.19. The molecule has 0 unspecified atom stereocenters. The van der Waals surface area contributed by atoms with Crippen LogP contribution >= 0.6 is 0 Å². The smallest absolute Gasteiger partial charge is 0.304 e. The molecule has 5 heteroatoms. The average molecular weight is 251 g/mol. The van der Waals surface area contributed by atoms with Crippen LogP contribution < -0.4 is 10.1 Å². The van der Waals surface area contributed by atoms with Crippen LogP contribution in [0.15, 0.2) is 18.2 Å². The SMILES string of the molecule is COc1ccc(C(C)=O)cc1CNCCC(=O)O. The highest BCUT2D eigenvalue weighted by molar-refractivity contribution is 5.94. The maximum Gasteiger partial charge on any atom is 0.304 e. The van der Waals surface area contributed by atoms with Crippen molar-refractivity contribution in [3.8, 4) is 5.75 Å². The van der Waals surface area contributed by atoms with Crippen LogP contribution in [0.1, 0.15) is 29.3 Å². The van der Waals surface area contributed by atoms with Gasteiger partial charge in [0.25, 0.3) is 0 Å². The summed E-state index contributed by atoms with van der Waals surface area (Å²) >= 11 is 0. The van der Waals surface area contributed by atoms with Crippen LogP contribution in [0.2, 0.25) is 0 Å². The molecule has 1 aromatic carbocycles. The number of carboxylic acids is 1. The van der Waals surface area contributed by atoms with Gasteiger partial charge in [-0.05, 0) is 25.1 Å². The van der Waals surface area contributed by atoms with Crippen LogP contribution in [-0.2, 0) is 11.3 Å². The lowest BCUT2D eigenvalue weighted by Crippen LogP contribution is -2.18. The van der Waals surface area contributed by atoms with E-state index >= 15 is 0 Å². The Kier molecular flexibility index (Phi) is 5.32. The lowest BCUT2D eigenvalue weighted by Gasteiger charge is -2.10. The molecule has 1 aromatic rings. The number of ketones is 1. The second-order valence-corrected chi connectivity index (χ2v) is 3.90. The fraction of sp³-hybridized carbons (Fsp3) is 0.385. The van der Waals surface area contributed by atoms with Crippen molar-refractivity contribution in [2.24, 2.45) is 0 Å². The van der Waals surface area contributed by atoms with E-state index in [9.17, 15) is 9.59 Å². The van der Waals surface area contributed by atoms with Gasteiger partial charge in [0.2, 0.25) is 0 Å². The van der Waals surface area contributed by atoms with Crippen molar-refractivity contribution in [1.82, 2.24) is 5.32 Å². The first kappa shape index (κ1) is 14.2. The standard InChI is InChI=1S/C13H17NO4/c1-9(15)10-3-4-12(18-2)11(7-10)8-14-6-5-13(16)17/h3-4,7,14H,5-6,8H2,1-2H3,(H,16,17). The third-order valence-corrected chi connectivity index (χ3v) is 2.52. The highest BCUT2D eigenvalue weighted by Gasteiger charge is 2.07. The molecule has 1 rings (SSSR count). The Hall–Kier alpha value is -1.88. The molecule has 0 aliphatic carbocycles. The van der Waals surface area contributed by atoms with E-state index in [0.717, 1.165) is 5.56 Å². The fourth-order valence-electron chi connectivity index (χ4n) is 1.55. The van der Waals surface area contributed by atoms with Crippen molar-refractivity contribution in [3.05, 3.63) is 29.3 Å². The van der Waals surface area contributed by atoms with Crippen LogP contribution in [0, 0.1) is 0 Å². The number of carbonyl (C=O) groups excluding carboxylic acids is 1. The summed E-state index contributed by atoms with van der Waals surface area (Å²) in [6.45, 7) is 2.35. The van der Waals surface area contributed by atoms with Crippen molar-refractivity contribution in [3.63, 3.8) is 0 Å². The number of carbonyl (C=O) groups is 2.